The molecule has 0 unspecified atom stereocenters. The van der Waals surface area contributed by atoms with E-state index in [1.165, 1.54) is 36.0 Å². The van der Waals surface area contributed by atoms with Gasteiger partial charge in [0.15, 0.2) is 11.0 Å². The van der Waals surface area contributed by atoms with Gasteiger partial charge in [0.05, 0.1) is 17.2 Å². The summed E-state index contributed by atoms with van der Waals surface area (Å²) in [5, 5.41) is 27.2. The normalized spacial score (nSPS) is 10.7. The lowest BCUT2D eigenvalue weighted by Gasteiger charge is -2.07. The zero-order valence-electron chi connectivity index (χ0n) is 18.1. The van der Waals surface area contributed by atoms with Crippen LogP contribution in [0.25, 0.3) is 10.8 Å². The SMILES string of the molecule is Cn1c(CNC(=O)c2cccc([N+](=O)[O-])c2)nnc1SCC(=O)Nc1ccc2ccccc2c1. The van der Waals surface area contributed by atoms with Crippen molar-refractivity contribution in [1.82, 2.24) is 20.1 Å². The Bertz CT molecular complexity index is 1390. The Hall–Kier alpha value is -4.25. The van der Waals surface area contributed by atoms with E-state index in [9.17, 15) is 19.7 Å². The fourth-order valence-electron chi connectivity index (χ4n) is 3.24. The number of fused-ring (bicyclic) bond motifs is 1. The van der Waals surface area contributed by atoms with E-state index in [0.717, 1.165) is 10.8 Å². The molecule has 1 aromatic heterocycles. The number of rotatable bonds is 8. The summed E-state index contributed by atoms with van der Waals surface area (Å²) in [5.41, 5.74) is 0.732. The van der Waals surface area contributed by atoms with Crippen LogP contribution < -0.4 is 10.6 Å². The summed E-state index contributed by atoms with van der Waals surface area (Å²) in [4.78, 5) is 35.1. The summed E-state index contributed by atoms with van der Waals surface area (Å²) in [6.45, 7) is 0.0782. The molecule has 11 heteroatoms. The third-order valence-corrected chi connectivity index (χ3v) is 6.04. The van der Waals surface area contributed by atoms with Crippen molar-refractivity contribution in [1.29, 1.82) is 0 Å². The maximum absolute atomic E-state index is 12.4. The summed E-state index contributed by atoms with van der Waals surface area (Å²) in [5.74, 6) is -0.0190. The van der Waals surface area contributed by atoms with Gasteiger partial charge in [-0.2, -0.15) is 0 Å². The van der Waals surface area contributed by atoms with Gasteiger partial charge in [-0.1, -0.05) is 48.2 Å². The molecule has 172 valence electrons. The molecule has 0 radical (unpaired) electrons. The van der Waals surface area contributed by atoms with Crippen LogP contribution in [0.1, 0.15) is 16.2 Å². The number of nitro benzene ring substituents is 1. The lowest BCUT2D eigenvalue weighted by Crippen LogP contribution is -2.24. The van der Waals surface area contributed by atoms with Gasteiger partial charge in [-0.05, 0) is 29.0 Å². The molecule has 0 bridgehead atoms. The number of nitro groups is 1. The van der Waals surface area contributed by atoms with Crippen LogP contribution in [-0.2, 0) is 18.4 Å². The van der Waals surface area contributed by atoms with Crippen molar-refractivity contribution >= 4 is 45.7 Å². The highest BCUT2D eigenvalue weighted by molar-refractivity contribution is 7.99. The molecule has 0 fully saturated rings. The maximum Gasteiger partial charge on any atom is 0.270 e. The third kappa shape index (κ3) is 5.38. The number of nitrogens with zero attached hydrogens (tertiary/aromatic N) is 4. The molecule has 0 saturated heterocycles. The first kappa shape index (κ1) is 22.9. The number of non-ortho nitro benzene ring substituents is 1. The van der Waals surface area contributed by atoms with Crippen molar-refractivity contribution in [2.24, 2.45) is 7.05 Å². The number of hydrogen-bond acceptors (Lipinski definition) is 7. The van der Waals surface area contributed by atoms with E-state index < -0.39 is 10.8 Å². The fourth-order valence-corrected chi connectivity index (χ4v) is 3.97. The van der Waals surface area contributed by atoms with E-state index in [0.29, 0.717) is 16.7 Å². The minimum absolute atomic E-state index is 0.0782. The molecule has 0 aliphatic heterocycles. The van der Waals surface area contributed by atoms with Gasteiger partial charge in [0, 0.05) is 30.4 Å². The first-order valence-electron chi connectivity index (χ1n) is 10.2. The highest BCUT2D eigenvalue weighted by Crippen LogP contribution is 2.20. The van der Waals surface area contributed by atoms with Crippen LogP contribution in [0.5, 0.6) is 0 Å². The molecular formula is C23H20N6O4S. The smallest absolute Gasteiger partial charge is 0.270 e. The average molecular weight is 477 g/mol. The molecule has 4 rings (SSSR count). The highest BCUT2D eigenvalue weighted by atomic mass is 32.2. The molecule has 3 aromatic carbocycles. The Kier molecular flexibility index (Phi) is 6.83. The minimum Gasteiger partial charge on any atom is -0.345 e. The van der Waals surface area contributed by atoms with Crippen LogP contribution in [-0.4, -0.2) is 37.3 Å². The molecule has 0 saturated carbocycles. The predicted octanol–water partition coefficient (Wildman–Crippen LogP) is 3.54. The Balaban J connectivity index is 1.31. The van der Waals surface area contributed by atoms with E-state index in [2.05, 4.69) is 20.8 Å². The van der Waals surface area contributed by atoms with Crippen molar-refractivity contribution in [2.75, 3.05) is 11.1 Å². The summed E-state index contributed by atoms with van der Waals surface area (Å²) < 4.78 is 1.68. The van der Waals surface area contributed by atoms with Crippen molar-refractivity contribution in [3.8, 4) is 0 Å². The fraction of sp³-hybridized carbons (Fsp3) is 0.130. The van der Waals surface area contributed by atoms with Gasteiger partial charge in [0.1, 0.15) is 0 Å². The zero-order valence-corrected chi connectivity index (χ0v) is 18.9. The number of thioether (sulfide) groups is 1. The molecule has 1 heterocycles. The number of nitrogens with one attached hydrogen (secondary N) is 2. The van der Waals surface area contributed by atoms with E-state index in [-0.39, 0.29) is 29.5 Å². The lowest BCUT2D eigenvalue weighted by atomic mass is 10.1. The number of carbonyl (C=O) groups is 2. The number of anilines is 1. The van der Waals surface area contributed by atoms with Crippen molar-refractivity contribution in [3.05, 3.63) is 88.2 Å². The Morgan fingerprint density at radius 1 is 1.03 bits per heavy atom. The minimum atomic E-state index is -0.556. The predicted molar refractivity (Wildman–Crippen MR) is 129 cm³/mol. The molecule has 0 aliphatic rings. The van der Waals surface area contributed by atoms with Crippen LogP contribution in [0.4, 0.5) is 11.4 Å². The first-order chi connectivity index (χ1) is 16.4. The summed E-state index contributed by atoms with van der Waals surface area (Å²) >= 11 is 1.22. The van der Waals surface area contributed by atoms with Gasteiger partial charge < -0.3 is 15.2 Å². The van der Waals surface area contributed by atoms with Gasteiger partial charge in [-0.25, -0.2) is 0 Å². The van der Waals surface area contributed by atoms with Crippen LogP contribution in [0.2, 0.25) is 0 Å². The zero-order chi connectivity index (χ0) is 24.1. The van der Waals surface area contributed by atoms with E-state index in [1.807, 2.05) is 42.5 Å². The molecule has 0 aliphatic carbocycles. The topological polar surface area (TPSA) is 132 Å². The quantitative estimate of drug-likeness (QED) is 0.226. The lowest BCUT2D eigenvalue weighted by molar-refractivity contribution is -0.384. The molecular weight excluding hydrogens is 456 g/mol. The van der Waals surface area contributed by atoms with Crippen molar-refractivity contribution < 1.29 is 14.5 Å². The molecule has 2 N–H and O–H groups in total. The first-order valence-corrected chi connectivity index (χ1v) is 11.2. The maximum atomic E-state index is 12.4. The summed E-state index contributed by atoms with van der Waals surface area (Å²) in [6.07, 6.45) is 0. The van der Waals surface area contributed by atoms with E-state index in [1.54, 1.807) is 11.6 Å². The van der Waals surface area contributed by atoms with Gasteiger partial charge >= 0.3 is 0 Å². The van der Waals surface area contributed by atoms with Gasteiger partial charge in [-0.3, -0.25) is 19.7 Å². The summed E-state index contributed by atoms with van der Waals surface area (Å²) in [7, 11) is 1.73. The van der Waals surface area contributed by atoms with Crippen molar-refractivity contribution in [3.63, 3.8) is 0 Å². The van der Waals surface area contributed by atoms with Gasteiger partial charge in [-0.15, -0.1) is 10.2 Å². The van der Waals surface area contributed by atoms with Crippen LogP contribution in [0.3, 0.4) is 0 Å². The molecule has 0 spiro atoms. The number of benzene rings is 3. The number of amides is 2. The second-order valence-electron chi connectivity index (χ2n) is 7.35. The third-order valence-electron chi connectivity index (χ3n) is 5.02. The molecule has 2 amide bonds. The number of hydrogen-bond donors (Lipinski definition) is 2. The largest absolute Gasteiger partial charge is 0.345 e. The standard InChI is InChI=1S/C23H20N6O4S/c1-28-20(13-24-22(31)17-7-4-8-19(12-17)29(32)33)26-27-23(28)34-14-21(30)25-18-10-9-15-5-2-3-6-16(15)11-18/h2-12H,13-14H2,1H3,(H,24,31)(H,25,30). The molecule has 10 nitrogen and oxygen atoms in total. The average Bonchev–Trinajstić information content (AvgIpc) is 3.20. The van der Waals surface area contributed by atoms with Crippen molar-refractivity contribution in [2.45, 2.75) is 11.7 Å². The molecule has 0 atom stereocenters. The monoisotopic (exact) mass is 476 g/mol. The van der Waals surface area contributed by atoms with Gasteiger partial charge in [0.2, 0.25) is 5.91 Å². The summed E-state index contributed by atoms with van der Waals surface area (Å²) in [6, 6.07) is 19.1. The second-order valence-corrected chi connectivity index (χ2v) is 8.29. The Morgan fingerprint density at radius 3 is 2.62 bits per heavy atom. The highest BCUT2D eigenvalue weighted by Gasteiger charge is 2.15. The van der Waals surface area contributed by atoms with E-state index >= 15 is 0 Å². The van der Waals surface area contributed by atoms with Gasteiger partial charge in [0.25, 0.3) is 11.6 Å². The second kappa shape index (κ2) is 10.1. The Morgan fingerprint density at radius 2 is 1.82 bits per heavy atom. The number of carbonyl (C=O) groups excluding carboxylic acids is 2. The Labute approximate surface area is 198 Å². The van der Waals surface area contributed by atoms with Crippen LogP contribution >= 0.6 is 11.8 Å². The van der Waals surface area contributed by atoms with Crippen LogP contribution in [0, 0.1) is 10.1 Å². The van der Waals surface area contributed by atoms with Crippen LogP contribution in [0.15, 0.2) is 71.9 Å². The number of aromatic nitrogens is 3. The molecule has 34 heavy (non-hydrogen) atoms. The molecule has 4 aromatic rings. The van der Waals surface area contributed by atoms with E-state index in [4.69, 9.17) is 0 Å².